The number of benzene rings is 3. The van der Waals surface area contributed by atoms with Gasteiger partial charge in [-0.1, -0.05) is 97.9 Å². The fourth-order valence-corrected chi connectivity index (χ4v) is 7.54. The molecule has 1 aliphatic rings. The van der Waals surface area contributed by atoms with Crippen molar-refractivity contribution in [1.82, 2.24) is 26.2 Å². The summed E-state index contributed by atoms with van der Waals surface area (Å²) < 4.78 is 17.6. The molecule has 13 N–H and O–H groups in total. The Balaban J connectivity index is 0. The first-order valence-corrected chi connectivity index (χ1v) is 28.3. The number of allylic oxidation sites excluding steroid dienone is 1. The molecule has 21 nitrogen and oxygen atoms in total. The minimum Gasteiger partial charge on any atom is -0.492 e. The van der Waals surface area contributed by atoms with Crippen LogP contribution >= 0.6 is 0 Å². The Kier molecular flexibility index (Phi) is 44.2. The highest BCUT2D eigenvalue weighted by Gasteiger charge is 2.33. The number of carboxylic acids is 1. The number of aliphatic carboxylic acids is 1. The van der Waals surface area contributed by atoms with E-state index in [0.29, 0.717) is 47.4 Å². The van der Waals surface area contributed by atoms with E-state index in [0.717, 1.165) is 68.7 Å². The Morgan fingerprint density at radius 3 is 1.94 bits per heavy atom. The maximum atomic E-state index is 14.2. The second-order valence-electron chi connectivity index (χ2n) is 19.1. The van der Waals surface area contributed by atoms with E-state index in [-0.39, 0.29) is 56.0 Å². The minimum atomic E-state index is -1.27. The van der Waals surface area contributed by atoms with E-state index in [1.54, 1.807) is 62.4 Å². The summed E-state index contributed by atoms with van der Waals surface area (Å²) in [6.45, 7) is 22.2. The van der Waals surface area contributed by atoms with Crippen LogP contribution in [0.4, 0.5) is 0 Å². The number of Topliss-reactive ketones (excluding diaryl/α,β-unsaturated/α-hetero) is 1. The molecule has 1 aliphatic heterocycles. The van der Waals surface area contributed by atoms with E-state index in [1.165, 1.54) is 24.8 Å². The number of fused-ring (bicyclic) bond motifs is 5. The number of aryl methyl sites for hydroxylation is 1. The lowest BCUT2D eigenvalue weighted by Crippen LogP contribution is -2.52. The zero-order chi connectivity index (χ0) is 62.4. The number of hydrogen-bond donors (Lipinski definition) is 9. The summed E-state index contributed by atoms with van der Waals surface area (Å²) in [4.78, 5) is 86.8. The number of nitrogens with one attached hydrogen (secondary N) is 4. The van der Waals surface area contributed by atoms with Crippen molar-refractivity contribution in [2.75, 3.05) is 66.1 Å². The van der Waals surface area contributed by atoms with Crippen molar-refractivity contribution in [3.8, 4) is 34.4 Å². The molecule has 2 unspecified atom stereocenters. The highest BCUT2D eigenvalue weighted by molar-refractivity contribution is 6.00. The van der Waals surface area contributed by atoms with E-state index in [4.69, 9.17) is 42.4 Å². The fraction of sp³-hybridized carbons (Fsp3) is 0.541. The molecular weight excluding hydrogens is 1050 g/mol. The minimum absolute atomic E-state index is 0.0609. The third-order valence-electron chi connectivity index (χ3n) is 11.4. The van der Waals surface area contributed by atoms with E-state index in [1.807, 2.05) is 45.9 Å². The van der Waals surface area contributed by atoms with Gasteiger partial charge in [-0.2, -0.15) is 5.26 Å². The molecule has 1 heterocycles. The number of hydrogen-bond acceptors (Lipinski definition) is 15. The molecule has 0 saturated carbocycles. The van der Waals surface area contributed by atoms with Gasteiger partial charge >= 0.3 is 5.97 Å². The van der Waals surface area contributed by atoms with Crippen LogP contribution in [0.25, 0.3) is 11.1 Å². The zero-order valence-electron chi connectivity index (χ0n) is 50.5. The van der Waals surface area contributed by atoms with Gasteiger partial charge in [0.25, 0.3) is 5.91 Å². The molecule has 0 fully saturated rings. The normalized spacial score (nSPS) is 13.9. The first-order chi connectivity index (χ1) is 39.2. The van der Waals surface area contributed by atoms with E-state index in [2.05, 4.69) is 48.6 Å². The van der Waals surface area contributed by atoms with Crippen LogP contribution < -0.4 is 58.4 Å². The van der Waals surface area contributed by atoms with Crippen LogP contribution in [0.2, 0.25) is 0 Å². The van der Waals surface area contributed by atoms with Crippen LogP contribution in [0, 0.1) is 17.2 Å². The van der Waals surface area contributed by atoms with Crippen molar-refractivity contribution in [1.29, 1.82) is 5.26 Å². The maximum Gasteiger partial charge on any atom is 0.341 e. The quantitative estimate of drug-likeness (QED) is 0.0185. The number of amides is 5. The van der Waals surface area contributed by atoms with Gasteiger partial charge in [0.1, 0.15) is 54.9 Å². The summed E-state index contributed by atoms with van der Waals surface area (Å²) in [6, 6.07) is 15.0. The highest BCUT2D eigenvalue weighted by Crippen LogP contribution is 2.40. The molecule has 21 heteroatoms. The van der Waals surface area contributed by atoms with Crippen molar-refractivity contribution in [3.63, 3.8) is 0 Å². The predicted molar refractivity (Wildman–Crippen MR) is 324 cm³/mol. The van der Waals surface area contributed by atoms with E-state index >= 15 is 0 Å². The van der Waals surface area contributed by atoms with Gasteiger partial charge in [-0.05, 0) is 119 Å². The Labute approximate surface area is 488 Å². The summed E-state index contributed by atoms with van der Waals surface area (Å²) in [7, 11) is 1.43. The molecule has 458 valence electrons. The summed E-state index contributed by atoms with van der Waals surface area (Å²) in [5.41, 5.74) is 25.1. The summed E-state index contributed by atoms with van der Waals surface area (Å²) in [6.07, 6.45) is 11.6. The van der Waals surface area contributed by atoms with E-state index < -0.39 is 54.8 Å². The molecule has 0 aromatic heterocycles. The first kappa shape index (κ1) is 76.7. The number of rotatable bonds is 26. The van der Waals surface area contributed by atoms with Crippen molar-refractivity contribution in [3.05, 3.63) is 89.5 Å². The summed E-state index contributed by atoms with van der Waals surface area (Å²) in [5, 5.41) is 27.5. The molecule has 5 amide bonds. The molecule has 3 atom stereocenters. The second-order valence-corrected chi connectivity index (χ2v) is 19.1. The molecule has 3 aromatic rings. The Morgan fingerprint density at radius 2 is 1.44 bits per heavy atom. The van der Waals surface area contributed by atoms with Crippen molar-refractivity contribution >= 4 is 41.8 Å². The van der Waals surface area contributed by atoms with Gasteiger partial charge in [0, 0.05) is 43.7 Å². The van der Waals surface area contributed by atoms with Gasteiger partial charge in [-0.3, -0.25) is 28.8 Å². The van der Waals surface area contributed by atoms with Gasteiger partial charge < -0.3 is 68.4 Å². The average molecular weight is 1150 g/mol. The Morgan fingerprint density at radius 1 is 0.841 bits per heavy atom. The van der Waals surface area contributed by atoms with Crippen LogP contribution in [0.5, 0.6) is 17.2 Å². The number of carbonyl (C=O) groups is 7. The lowest BCUT2D eigenvalue weighted by atomic mass is 9.94. The fourth-order valence-electron chi connectivity index (χ4n) is 7.54. The third-order valence-corrected chi connectivity index (χ3v) is 11.4. The standard InChI is InChI=1S/C44H60N6O9.C5H13N.C5H8O.C3H4N2O.C2H7N.C2H6/c1-5-6-7-8-9-10-11-30-12-15-33(38(24-30)59-27-40(52)53)43(55)47-26-39(51)50(4)41-32-14-17-37(58-21-19-46)35(25-32)34-23-31(13-16-36(34)57-20-18-45)22-28(2)48-42(54)29(3)49-44(41)56;1-5(2)3-4-6;1-3-4-5(2)6;4-1-2-5-3-6;1-2-3;1-2/h12-17,23-25,28-29,41H,5-11,18-22,26-27,45-46H2,1-4H3,(H,47,55)(H,48,54)(H,49,56)(H,52,53);5H,3-4,6H2,1-2H3;3H,1,4H2,2H3;3H,2H2,(H,5,6);2-3H2,1H3;1-2H3/t28?,29-,41?;;;;;/m0...../s1. The summed E-state index contributed by atoms with van der Waals surface area (Å²) >= 11 is 0. The van der Waals surface area contributed by atoms with Crippen LogP contribution in [0.3, 0.4) is 0 Å². The van der Waals surface area contributed by atoms with Gasteiger partial charge in [0.05, 0.1) is 18.2 Å². The Hall–Kier alpha value is -7.38. The SMILES string of the molecule is C=CCC(C)=O.CC.CC(C)CCN.CCCCCCCCc1ccc(C(=O)NCC(=O)N(C)C2C(=O)N[C@@H](C)C(=O)NC(C)Cc3ccc(OCCN)c(c3)-c3cc2ccc3OCCN)c(OCC(=O)O)c1.CCN.N#CCNC=O. The smallest absolute Gasteiger partial charge is 0.341 e. The number of carboxylic acid groups (broad SMARTS) is 1. The number of nitrogens with two attached hydrogens (primary N) is 4. The lowest BCUT2D eigenvalue weighted by molar-refractivity contribution is -0.139. The number of ether oxygens (including phenoxy) is 3. The molecule has 4 rings (SSSR count). The maximum absolute atomic E-state index is 14.2. The van der Waals surface area contributed by atoms with Gasteiger partial charge in [-0.15, -0.1) is 6.58 Å². The molecule has 4 bridgehead atoms. The molecule has 0 spiro atoms. The lowest BCUT2D eigenvalue weighted by Gasteiger charge is -2.30. The highest BCUT2D eigenvalue weighted by atomic mass is 16.5. The first-order valence-electron chi connectivity index (χ1n) is 28.3. The molecule has 82 heavy (non-hydrogen) atoms. The molecule has 0 radical (unpaired) electrons. The van der Waals surface area contributed by atoms with E-state index in [9.17, 15) is 38.7 Å². The number of carbonyl (C=O) groups excluding carboxylic acids is 6. The third kappa shape index (κ3) is 32.8. The second kappa shape index (κ2) is 47.3. The number of likely N-dealkylation sites (N-methyl/N-ethyl adjacent to an activating group) is 1. The average Bonchev–Trinajstić information content (AvgIpc) is 3.65. The molecule has 3 aromatic carbocycles. The number of nitriles is 1. The monoisotopic (exact) mass is 1150 g/mol. The molecular formula is C61H98N10O11. The van der Waals surface area contributed by atoms with Crippen LogP contribution in [0.1, 0.15) is 147 Å². The number of nitrogens with zero attached hydrogens (tertiary/aromatic N) is 2. The van der Waals surface area contributed by atoms with Crippen LogP contribution in [-0.4, -0.2) is 130 Å². The number of ketones is 1. The van der Waals surface area contributed by atoms with Crippen molar-refractivity contribution < 1.29 is 52.9 Å². The Bertz CT molecular complexity index is 2400. The largest absolute Gasteiger partial charge is 0.492 e. The predicted octanol–water partition coefficient (Wildman–Crippen LogP) is 6.28. The van der Waals surface area contributed by atoms with Gasteiger partial charge in [0.2, 0.25) is 24.1 Å². The topological polar surface area (TPSA) is 347 Å². The van der Waals surface area contributed by atoms with Gasteiger partial charge in [-0.25, -0.2) is 4.79 Å². The zero-order valence-corrected chi connectivity index (χ0v) is 50.5. The molecule has 0 aliphatic carbocycles. The van der Waals surface area contributed by atoms with Crippen molar-refractivity contribution in [2.45, 2.75) is 145 Å². The van der Waals surface area contributed by atoms with Crippen molar-refractivity contribution in [2.24, 2.45) is 28.9 Å². The van der Waals surface area contributed by atoms with Crippen LogP contribution in [0.15, 0.2) is 67.3 Å². The summed E-state index contributed by atoms with van der Waals surface area (Å²) in [5.74, 6) is -1.53. The van der Waals surface area contributed by atoms with Gasteiger partial charge in [0.15, 0.2) is 6.61 Å². The van der Waals surface area contributed by atoms with Crippen LogP contribution in [-0.2, 0) is 41.6 Å². The number of unbranched alkanes of at least 4 members (excludes halogenated alkanes) is 5. The molecule has 0 saturated heterocycles.